The number of rotatable bonds is 52. The van der Waals surface area contributed by atoms with Crippen LogP contribution in [0, 0.1) is 0 Å². The van der Waals surface area contributed by atoms with Crippen LogP contribution in [0.4, 0.5) is 0 Å². The molecule has 0 aliphatic heterocycles. The second kappa shape index (κ2) is 49.2. The summed E-state index contributed by atoms with van der Waals surface area (Å²) >= 11 is 0. The van der Waals surface area contributed by atoms with Gasteiger partial charge in [-0.2, -0.15) is 0 Å². The number of allylic oxidation sites excluding steroid dienone is 6. The highest BCUT2D eigenvalue weighted by Gasteiger charge is 2.26. The van der Waals surface area contributed by atoms with Crippen LogP contribution in [-0.2, 0) is 27.9 Å². The molecule has 0 bridgehead atoms. The fourth-order valence-electron chi connectivity index (χ4n) is 7.87. The van der Waals surface area contributed by atoms with E-state index in [-0.39, 0.29) is 25.8 Å². The van der Waals surface area contributed by atoms with Crippen LogP contribution in [0.2, 0.25) is 0 Å². The minimum atomic E-state index is -4.28. The minimum absolute atomic E-state index is 0.0888. The monoisotopic (exact) mass is 939 g/mol. The topological polar surface area (TPSA) is 91.3 Å². The summed E-state index contributed by atoms with van der Waals surface area (Å²) in [5.74, 6) is -0.312. The van der Waals surface area contributed by atoms with Crippen LogP contribution >= 0.6 is 7.82 Å². The number of hydrogen-bond acceptors (Lipinski definition) is 6. The summed E-state index contributed by atoms with van der Waals surface area (Å²) in [5.41, 5.74) is 0. The highest BCUT2D eigenvalue weighted by Crippen LogP contribution is 2.43. The van der Waals surface area contributed by atoms with Gasteiger partial charge in [-0.3, -0.25) is 13.8 Å². The van der Waals surface area contributed by atoms with Crippen molar-refractivity contribution in [1.29, 1.82) is 0 Å². The molecule has 2 atom stereocenters. The Morgan fingerprint density at radius 2 is 0.846 bits per heavy atom. The van der Waals surface area contributed by atoms with Crippen molar-refractivity contribution in [3.8, 4) is 0 Å². The third kappa shape index (κ3) is 53.5. The number of phosphoric acid groups is 1. The maximum absolute atomic E-state index is 12.8. The van der Waals surface area contributed by atoms with E-state index in [2.05, 4.69) is 50.3 Å². The summed E-state index contributed by atoms with van der Waals surface area (Å²) in [7, 11) is 1.67. The normalized spacial score (nSPS) is 13.8. The molecule has 8 nitrogen and oxygen atoms in total. The molecule has 65 heavy (non-hydrogen) atoms. The van der Waals surface area contributed by atoms with Gasteiger partial charge in [0.2, 0.25) is 0 Å². The Hall–Kier alpha value is -1.28. The molecule has 0 aliphatic rings. The molecule has 0 rings (SSSR count). The highest BCUT2D eigenvalue weighted by atomic mass is 31.2. The van der Waals surface area contributed by atoms with Crippen molar-refractivity contribution < 1.29 is 37.3 Å². The Balaban J connectivity index is 4.07. The Morgan fingerprint density at radius 1 is 0.477 bits per heavy atom. The van der Waals surface area contributed by atoms with E-state index in [1.54, 1.807) is 0 Å². The Labute approximate surface area is 404 Å². The summed E-state index contributed by atoms with van der Waals surface area (Å²) in [4.78, 5) is 23.1. The van der Waals surface area contributed by atoms with E-state index in [4.69, 9.17) is 18.5 Å². The zero-order valence-electron chi connectivity index (χ0n) is 43.7. The average Bonchev–Trinajstić information content (AvgIpc) is 3.27. The molecule has 0 heterocycles. The van der Waals surface area contributed by atoms with E-state index in [1.165, 1.54) is 199 Å². The minimum Gasteiger partial charge on any atom is -0.457 e. The molecule has 0 spiro atoms. The number of carbonyl (C=O) groups is 1. The second-order valence-electron chi connectivity index (χ2n) is 20.0. The molecule has 0 fully saturated rings. The molecule has 0 amide bonds. The lowest BCUT2D eigenvalue weighted by atomic mass is 10.0. The summed E-state index contributed by atoms with van der Waals surface area (Å²) in [6.07, 6.45) is 60.5. The van der Waals surface area contributed by atoms with Crippen LogP contribution in [0.5, 0.6) is 0 Å². The van der Waals surface area contributed by atoms with Gasteiger partial charge < -0.3 is 18.9 Å². The molecule has 0 saturated carbocycles. The number of hydrogen-bond donors (Lipinski definition) is 1. The predicted molar refractivity (Wildman–Crippen MR) is 280 cm³/mol. The molecule has 0 aliphatic carbocycles. The van der Waals surface area contributed by atoms with Crippen LogP contribution in [0.3, 0.4) is 0 Å². The van der Waals surface area contributed by atoms with Crippen molar-refractivity contribution >= 4 is 13.8 Å². The van der Waals surface area contributed by atoms with E-state index >= 15 is 0 Å². The predicted octanol–water partition coefficient (Wildman–Crippen LogP) is 17.3. The second-order valence-corrected chi connectivity index (χ2v) is 21.4. The molecule has 2 unspecified atom stereocenters. The van der Waals surface area contributed by atoms with Gasteiger partial charge >= 0.3 is 13.8 Å². The molecular weight excluding hydrogens is 830 g/mol. The zero-order chi connectivity index (χ0) is 47.6. The molecule has 384 valence electrons. The van der Waals surface area contributed by atoms with E-state index < -0.39 is 13.9 Å². The standard InChI is InChI=1S/C56H108NO7P/c1-6-8-10-12-14-16-18-20-22-24-26-27-28-29-30-31-32-33-35-37-39-41-43-45-47-49-56(58)64-55(54-63-65(59,60)62-52-50-57(3,4)5)53-61-51-48-46-44-42-40-38-36-34-25-23-21-19-17-15-13-11-9-7-2/h18,20-21,23-24,26,55H,6-17,19,22,25,27-54H2,1-5H3/p+1/b20-18-,23-21-,26-24-. The van der Waals surface area contributed by atoms with Gasteiger partial charge in [0.1, 0.15) is 19.3 Å². The Morgan fingerprint density at radius 3 is 1.26 bits per heavy atom. The van der Waals surface area contributed by atoms with Crippen molar-refractivity contribution in [2.24, 2.45) is 0 Å². The molecule has 0 radical (unpaired) electrons. The van der Waals surface area contributed by atoms with Gasteiger partial charge in [0, 0.05) is 13.0 Å². The zero-order valence-corrected chi connectivity index (χ0v) is 44.6. The quantitative estimate of drug-likeness (QED) is 0.0214. The average molecular weight is 939 g/mol. The van der Waals surface area contributed by atoms with Gasteiger partial charge in [-0.1, -0.05) is 217 Å². The van der Waals surface area contributed by atoms with Crippen molar-refractivity contribution in [2.45, 2.75) is 264 Å². The third-order valence-corrected chi connectivity index (χ3v) is 13.2. The first-order chi connectivity index (χ1) is 31.6. The van der Waals surface area contributed by atoms with E-state index in [0.717, 1.165) is 38.5 Å². The van der Waals surface area contributed by atoms with Crippen LogP contribution < -0.4 is 0 Å². The number of quaternary nitrogens is 1. The highest BCUT2D eigenvalue weighted by molar-refractivity contribution is 7.47. The molecule has 0 aromatic carbocycles. The number of esters is 1. The number of carbonyl (C=O) groups excluding carboxylic acids is 1. The fourth-order valence-corrected chi connectivity index (χ4v) is 8.62. The van der Waals surface area contributed by atoms with Gasteiger partial charge in [-0.15, -0.1) is 0 Å². The lowest BCUT2D eigenvalue weighted by molar-refractivity contribution is -0.870. The van der Waals surface area contributed by atoms with E-state index in [0.29, 0.717) is 24.1 Å². The lowest BCUT2D eigenvalue weighted by Gasteiger charge is -2.24. The molecule has 0 saturated heterocycles. The summed E-state index contributed by atoms with van der Waals surface area (Å²) in [6.45, 7) is 5.64. The Kier molecular flexibility index (Phi) is 48.2. The number of likely N-dealkylation sites (N-methyl/N-ethyl adjacent to an activating group) is 1. The fraction of sp³-hybridized carbons (Fsp3) is 0.875. The van der Waals surface area contributed by atoms with Crippen LogP contribution in [-0.4, -0.2) is 75.6 Å². The van der Waals surface area contributed by atoms with Crippen LogP contribution in [0.15, 0.2) is 36.5 Å². The van der Waals surface area contributed by atoms with Crippen molar-refractivity contribution in [3.63, 3.8) is 0 Å². The van der Waals surface area contributed by atoms with Crippen molar-refractivity contribution in [2.75, 3.05) is 54.1 Å². The number of phosphoric ester groups is 1. The first-order valence-corrected chi connectivity index (χ1v) is 29.2. The van der Waals surface area contributed by atoms with Gasteiger partial charge in [-0.25, -0.2) is 4.57 Å². The van der Waals surface area contributed by atoms with Crippen LogP contribution in [0.25, 0.3) is 0 Å². The third-order valence-electron chi connectivity index (χ3n) is 12.2. The van der Waals surface area contributed by atoms with Crippen molar-refractivity contribution in [1.82, 2.24) is 0 Å². The summed E-state index contributed by atoms with van der Waals surface area (Å²) in [6, 6.07) is 0. The largest absolute Gasteiger partial charge is 0.472 e. The van der Waals surface area contributed by atoms with Gasteiger partial charge in [0.15, 0.2) is 0 Å². The van der Waals surface area contributed by atoms with Crippen molar-refractivity contribution in [3.05, 3.63) is 36.5 Å². The number of unbranched alkanes of at least 4 members (excludes halogenated alkanes) is 32. The molecule has 0 aromatic heterocycles. The van der Waals surface area contributed by atoms with E-state index in [1.807, 2.05) is 21.1 Å². The molecule has 9 heteroatoms. The van der Waals surface area contributed by atoms with Gasteiger partial charge in [0.25, 0.3) is 0 Å². The first kappa shape index (κ1) is 63.7. The molecular formula is C56H109NO7P+. The smallest absolute Gasteiger partial charge is 0.457 e. The van der Waals surface area contributed by atoms with E-state index in [9.17, 15) is 14.3 Å². The van der Waals surface area contributed by atoms with Gasteiger partial charge in [0.05, 0.1) is 34.4 Å². The first-order valence-electron chi connectivity index (χ1n) is 27.7. The summed E-state index contributed by atoms with van der Waals surface area (Å²) in [5, 5.41) is 0. The Bertz CT molecular complexity index is 1140. The number of ether oxygens (including phenoxy) is 2. The molecule has 1 N–H and O–H groups in total. The summed E-state index contributed by atoms with van der Waals surface area (Å²) < 4.78 is 35.2. The molecule has 0 aromatic rings. The SMILES string of the molecule is CCCCCCC/C=C\C/C=C\CCCCCCCCCCCCCCCC(=O)OC(COCCCCCCCCCC/C=C\CCCCCCCC)COP(=O)(O)OCC[N+](C)(C)C. The van der Waals surface area contributed by atoms with Crippen LogP contribution in [0.1, 0.15) is 258 Å². The maximum Gasteiger partial charge on any atom is 0.472 e. The number of nitrogens with zero attached hydrogens (tertiary/aromatic N) is 1. The van der Waals surface area contributed by atoms with Gasteiger partial charge in [-0.05, 0) is 70.6 Å². The maximum atomic E-state index is 12.8. The lowest BCUT2D eigenvalue weighted by Crippen LogP contribution is -2.37.